The quantitative estimate of drug-likeness (QED) is 0.495. The molecule has 2 aliphatic rings. The van der Waals surface area contributed by atoms with E-state index in [1.807, 2.05) is 40.1 Å². The number of amides is 1. The molecule has 4 heterocycles. The molecule has 0 spiro atoms. The summed E-state index contributed by atoms with van der Waals surface area (Å²) in [5.41, 5.74) is 0.996. The first kappa shape index (κ1) is 25.7. The van der Waals surface area contributed by atoms with Crippen LogP contribution in [0.15, 0.2) is 55.0 Å². The number of piperidine rings is 1. The van der Waals surface area contributed by atoms with Crippen molar-refractivity contribution in [3.8, 4) is 17.0 Å². The molecule has 0 aliphatic carbocycles. The van der Waals surface area contributed by atoms with Gasteiger partial charge in [0.05, 0.1) is 24.3 Å². The second-order valence-electron chi connectivity index (χ2n) is 9.49. The second-order valence-corrected chi connectivity index (χ2v) is 9.49. The Morgan fingerprint density at radius 3 is 2.34 bits per heavy atom. The van der Waals surface area contributed by atoms with Gasteiger partial charge in [-0.2, -0.15) is 13.2 Å². The number of ether oxygens (including phenoxy) is 1. The van der Waals surface area contributed by atoms with Crippen LogP contribution in [-0.2, 0) is 11.0 Å². The number of hydrogen-bond acceptors (Lipinski definition) is 7. The first-order chi connectivity index (χ1) is 18.3. The monoisotopic (exact) mass is 526 g/mol. The maximum absolute atomic E-state index is 13.4. The van der Waals surface area contributed by atoms with Crippen molar-refractivity contribution in [3.05, 3.63) is 60.6 Å². The first-order valence-corrected chi connectivity index (χ1v) is 12.6. The smallest absolute Gasteiger partial charge is 0.417 e. The molecule has 2 fully saturated rings. The molecule has 2 saturated heterocycles. The van der Waals surface area contributed by atoms with Crippen molar-refractivity contribution in [2.75, 3.05) is 56.2 Å². The van der Waals surface area contributed by atoms with E-state index in [4.69, 9.17) is 4.74 Å². The topological polar surface area (TPSA) is 74.7 Å². The highest BCUT2D eigenvalue weighted by Gasteiger charge is 2.33. The van der Waals surface area contributed by atoms with Crippen LogP contribution < -0.4 is 14.5 Å². The van der Waals surface area contributed by atoms with Crippen LogP contribution in [0.3, 0.4) is 0 Å². The van der Waals surface area contributed by atoms with E-state index < -0.39 is 11.7 Å². The van der Waals surface area contributed by atoms with Crippen molar-refractivity contribution in [2.45, 2.75) is 19.0 Å². The molecule has 200 valence electrons. The van der Waals surface area contributed by atoms with Gasteiger partial charge in [0.1, 0.15) is 23.7 Å². The lowest BCUT2D eigenvalue weighted by Gasteiger charge is -2.39. The molecule has 2 aliphatic heterocycles. The summed E-state index contributed by atoms with van der Waals surface area (Å²) in [7, 11) is 1.63. The molecule has 2 aromatic heterocycles. The standard InChI is InChI=1S/C27H29F3N6O2/c1-38-22-7-4-19(5-8-22)23-15-25(33-18-32-23)36-10-2-3-20(17-36)26(37)35-13-11-34(12-14-35)24-9-6-21(16-31-24)27(28,29)30/h4-9,15-16,18,20H,2-3,10-14,17H2,1H3. The molecule has 0 saturated carbocycles. The zero-order chi connectivity index (χ0) is 26.7. The number of methoxy groups -OCH3 is 1. The summed E-state index contributed by atoms with van der Waals surface area (Å²) < 4.78 is 43.7. The summed E-state index contributed by atoms with van der Waals surface area (Å²) in [6.07, 6.45) is -0.306. The number of carbonyl (C=O) groups is 1. The van der Waals surface area contributed by atoms with Crippen molar-refractivity contribution >= 4 is 17.5 Å². The number of aromatic nitrogens is 3. The van der Waals surface area contributed by atoms with Crippen LogP contribution in [0.5, 0.6) is 5.75 Å². The van der Waals surface area contributed by atoms with Gasteiger partial charge in [-0.15, -0.1) is 0 Å². The molecule has 0 bridgehead atoms. The third-order valence-electron chi connectivity index (χ3n) is 7.12. The average molecular weight is 527 g/mol. The number of alkyl halides is 3. The van der Waals surface area contributed by atoms with Crippen LogP contribution in [0.1, 0.15) is 18.4 Å². The van der Waals surface area contributed by atoms with E-state index in [0.717, 1.165) is 54.5 Å². The molecule has 1 atom stereocenters. The molecule has 8 nitrogen and oxygen atoms in total. The molecule has 1 amide bonds. The number of benzene rings is 1. The summed E-state index contributed by atoms with van der Waals surface area (Å²) in [5.74, 6) is 2.03. The number of anilines is 2. The van der Waals surface area contributed by atoms with Gasteiger partial charge in [-0.25, -0.2) is 15.0 Å². The molecule has 0 radical (unpaired) electrons. The Labute approximate surface area is 219 Å². The second kappa shape index (κ2) is 10.8. The van der Waals surface area contributed by atoms with Crippen LogP contribution in [-0.4, -0.2) is 72.1 Å². The predicted octanol–water partition coefficient (Wildman–Crippen LogP) is 4.13. The number of pyridine rings is 1. The van der Waals surface area contributed by atoms with E-state index in [9.17, 15) is 18.0 Å². The highest BCUT2D eigenvalue weighted by atomic mass is 19.4. The molecule has 1 aromatic carbocycles. The highest BCUT2D eigenvalue weighted by molar-refractivity contribution is 5.80. The van der Waals surface area contributed by atoms with Crippen molar-refractivity contribution in [1.29, 1.82) is 0 Å². The summed E-state index contributed by atoms with van der Waals surface area (Å²) in [4.78, 5) is 32.2. The first-order valence-electron chi connectivity index (χ1n) is 12.6. The predicted molar refractivity (Wildman–Crippen MR) is 137 cm³/mol. The van der Waals surface area contributed by atoms with E-state index in [-0.39, 0.29) is 11.8 Å². The number of piperazine rings is 1. The Bertz CT molecular complexity index is 1240. The molecular weight excluding hydrogens is 497 g/mol. The Hall–Kier alpha value is -3.89. The lowest BCUT2D eigenvalue weighted by Crippen LogP contribution is -2.52. The van der Waals surface area contributed by atoms with Crippen LogP contribution in [0.2, 0.25) is 0 Å². The molecule has 5 rings (SSSR count). The summed E-state index contributed by atoms with van der Waals surface area (Å²) in [6, 6.07) is 12.1. The number of rotatable bonds is 5. The Morgan fingerprint density at radius 1 is 0.921 bits per heavy atom. The summed E-state index contributed by atoms with van der Waals surface area (Å²) >= 11 is 0. The summed E-state index contributed by atoms with van der Waals surface area (Å²) in [6.45, 7) is 3.46. The minimum absolute atomic E-state index is 0.110. The van der Waals surface area contributed by atoms with E-state index in [1.165, 1.54) is 6.07 Å². The Balaban J connectivity index is 1.19. The lowest BCUT2D eigenvalue weighted by atomic mass is 9.96. The van der Waals surface area contributed by atoms with Gasteiger partial charge in [-0.3, -0.25) is 4.79 Å². The van der Waals surface area contributed by atoms with Crippen LogP contribution in [0.4, 0.5) is 24.8 Å². The third kappa shape index (κ3) is 5.66. The fourth-order valence-electron chi connectivity index (χ4n) is 4.98. The van der Waals surface area contributed by atoms with Crippen LogP contribution in [0, 0.1) is 5.92 Å². The molecule has 0 N–H and O–H groups in total. The fraction of sp³-hybridized carbons (Fsp3) is 0.407. The van der Waals surface area contributed by atoms with Crippen LogP contribution >= 0.6 is 0 Å². The van der Waals surface area contributed by atoms with Gasteiger partial charge >= 0.3 is 6.18 Å². The molecule has 11 heteroatoms. The van der Waals surface area contributed by atoms with Crippen molar-refractivity contribution in [2.24, 2.45) is 5.92 Å². The Morgan fingerprint density at radius 2 is 1.68 bits per heavy atom. The van der Waals surface area contributed by atoms with Gasteiger partial charge in [0.2, 0.25) is 5.91 Å². The maximum Gasteiger partial charge on any atom is 0.417 e. The van der Waals surface area contributed by atoms with Crippen LogP contribution in [0.25, 0.3) is 11.3 Å². The van der Waals surface area contributed by atoms with E-state index in [2.05, 4.69) is 19.9 Å². The molecule has 38 heavy (non-hydrogen) atoms. The van der Waals surface area contributed by atoms with Crippen molar-refractivity contribution in [3.63, 3.8) is 0 Å². The maximum atomic E-state index is 13.4. The SMILES string of the molecule is COc1ccc(-c2cc(N3CCCC(C(=O)N4CCN(c5ccc(C(F)(F)F)cn5)CC4)C3)ncn2)cc1. The Kier molecular flexibility index (Phi) is 7.35. The third-order valence-corrected chi connectivity index (χ3v) is 7.12. The van der Waals surface area contributed by atoms with Gasteiger partial charge in [-0.05, 0) is 49.2 Å². The van der Waals surface area contributed by atoms with E-state index in [1.54, 1.807) is 13.4 Å². The minimum atomic E-state index is -4.41. The van der Waals surface area contributed by atoms with E-state index in [0.29, 0.717) is 38.5 Å². The largest absolute Gasteiger partial charge is 0.497 e. The number of carbonyl (C=O) groups excluding carboxylic acids is 1. The van der Waals surface area contributed by atoms with E-state index >= 15 is 0 Å². The normalized spacial score (nSPS) is 18.4. The average Bonchev–Trinajstić information content (AvgIpc) is 2.97. The fourth-order valence-corrected chi connectivity index (χ4v) is 4.98. The summed E-state index contributed by atoms with van der Waals surface area (Å²) in [5, 5.41) is 0. The lowest BCUT2D eigenvalue weighted by molar-refractivity contribution is -0.138. The number of nitrogens with zero attached hydrogens (tertiary/aromatic N) is 6. The molecular formula is C27H29F3N6O2. The van der Waals surface area contributed by atoms with Gasteiger partial charge < -0.3 is 19.4 Å². The van der Waals surface area contributed by atoms with Gasteiger partial charge in [0.15, 0.2) is 0 Å². The number of hydrogen-bond donors (Lipinski definition) is 0. The van der Waals surface area contributed by atoms with Crippen molar-refractivity contribution < 1.29 is 22.7 Å². The van der Waals surface area contributed by atoms with Gasteiger partial charge in [0.25, 0.3) is 0 Å². The molecule has 3 aromatic rings. The van der Waals surface area contributed by atoms with Gasteiger partial charge in [-0.1, -0.05) is 0 Å². The molecule has 1 unspecified atom stereocenters. The highest BCUT2D eigenvalue weighted by Crippen LogP contribution is 2.30. The zero-order valence-corrected chi connectivity index (χ0v) is 21.1. The number of halogens is 3. The van der Waals surface area contributed by atoms with Crippen molar-refractivity contribution in [1.82, 2.24) is 19.9 Å². The zero-order valence-electron chi connectivity index (χ0n) is 21.1. The van der Waals surface area contributed by atoms with Gasteiger partial charge in [0, 0.05) is 57.1 Å². The minimum Gasteiger partial charge on any atom is -0.497 e.